The topological polar surface area (TPSA) is 30.5 Å². The molecule has 2 aliphatic heterocycles. The molecule has 1 N–H and O–H groups in total. The Labute approximate surface area is 92.5 Å². The van der Waals surface area contributed by atoms with Crippen molar-refractivity contribution in [3.63, 3.8) is 0 Å². The molecule has 0 amide bonds. The summed E-state index contributed by atoms with van der Waals surface area (Å²) in [5.74, 6) is 0. The molecule has 15 heavy (non-hydrogen) atoms. The second-order valence-electron chi connectivity index (χ2n) is 5.33. The Morgan fingerprint density at radius 3 is 2.60 bits per heavy atom. The standard InChI is InChI=1S/C12H23NO2/c1-12(2)6-5-11(15-12)9-13-8-10-4-3-7-14-10/h10-11,13H,3-9H2,1-2H3. The fourth-order valence-corrected chi connectivity index (χ4v) is 2.43. The van der Waals surface area contributed by atoms with Gasteiger partial charge in [0.1, 0.15) is 0 Å². The smallest absolute Gasteiger partial charge is 0.0707 e. The van der Waals surface area contributed by atoms with E-state index >= 15 is 0 Å². The van der Waals surface area contributed by atoms with Gasteiger partial charge >= 0.3 is 0 Å². The van der Waals surface area contributed by atoms with Gasteiger partial charge in [0.25, 0.3) is 0 Å². The van der Waals surface area contributed by atoms with Crippen LogP contribution in [0.15, 0.2) is 0 Å². The molecular formula is C12H23NO2. The molecule has 0 saturated carbocycles. The highest BCUT2D eigenvalue weighted by Crippen LogP contribution is 2.28. The first-order valence-corrected chi connectivity index (χ1v) is 6.16. The third kappa shape index (κ3) is 3.44. The zero-order valence-corrected chi connectivity index (χ0v) is 9.92. The average molecular weight is 213 g/mol. The Kier molecular flexibility index (Phi) is 3.65. The van der Waals surface area contributed by atoms with Crippen molar-refractivity contribution >= 4 is 0 Å². The van der Waals surface area contributed by atoms with E-state index in [0.29, 0.717) is 12.2 Å². The van der Waals surface area contributed by atoms with Crippen LogP contribution in [0.3, 0.4) is 0 Å². The van der Waals surface area contributed by atoms with Crippen molar-refractivity contribution in [2.75, 3.05) is 19.7 Å². The van der Waals surface area contributed by atoms with E-state index in [4.69, 9.17) is 9.47 Å². The first kappa shape index (κ1) is 11.4. The van der Waals surface area contributed by atoms with Crippen LogP contribution in [-0.2, 0) is 9.47 Å². The molecule has 2 atom stereocenters. The summed E-state index contributed by atoms with van der Waals surface area (Å²) in [5, 5.41) is 3.46. The second-order valence-corrected chi connectivity index (χ2v) is 5.33. The van der Waals surface area contributed by atoms with Crippen molar-refractivity contribution in [1.82, 2.24) is 5.32 Å². The normalized spacial score (nSPS) is 34.8. The van der Waals surface area contributed by atoms with Gasteiger partial charge in [-0.2, -0.15) is 0 Å². The molecule has 2 saturated heterocycles. The van der Waals surface area contributed by atoms with Crippen LogP contribution < -0.4 is 5.32 Å². The average Bonchev–Trinajstić information content (AvgIpc) is 2.76. The highest BCUT2D eigenvalue weighted by molar-refractivity contribution is 4.82. The zero-order valence-electron chi connectivity index (χ0n) is 9.92. The molecule has 0 aromatic carbocycles. The van der Waals surface area contributed by atoms with Gasteiger partial charge in [-0.1, -0.05) is 0 Å². The van der Waals surface area contributed by atoms with Crippen LogP contribution in [0.5, 0.6) is 0 Å². The van der Waals surface area contributed by atoms with Gasteiger partial charge in [0.15, 0.2) is 0 Å². The third-order valence-corrected chi connectivity index (χ3v) is 3.32. The Morgan fingerprint density at radius 2 is 2.00 bits per heavy atom. The molecular weight excluding hydrogens is 190 g/mol. The summed E-state index contributed by atoms with van der Waals surface area (Å²) >= 11 is 0. The van der Waals surface area contributed by atoms with E-state index in [9.17, 15) is 0 Å². The van der Waals surface area contributed by atoms with Crippen molar-refractivity contribution in [3.05, 3.63) is 0 Å². The maximum absolute atomic E-state index is 5.91. The second kappa shape index (κ2) is 4.81. The molecule has 2 rings (SSSR count). The molecule has 2 heterocycles. The lowest BCUT2D eigenvalue weighted by atomic mass is 10.1. The van der Waals surface area contributed by atoms with Crippen LogP contribution >= 0.6 is 0 Å². The first-order chi connectivity index (χ1) is 7.16. The van der Waals surface area contributed by atoms with Gasteiger partial charge in [-0.05, 0) is 39.5 Å². The Hall–Kier alpha value is -0.120. The lowest BCUT2D eigenvalue weighted by molar-refractivity contribution is -0.0153. The van der Waals surface area contributed by atoms with Gasteiger partial charge in [-0.3, -0.25) is 0 Å². The fourth-order valence-electron chi connectivity index (χ4n) is 2.43. The fraction of sp³-hybridized carbons (Fsp3) is 1.00. The molecule has 0 bridgehead atoms. The summed E-state index contributed by atoms with van der Waals surface area (Å²) in [6.07, 6.45) is 5.65. The van der Waals surface area contributed by atoms with Crippen LogP contribution in [0, 0.1) is 0 Å². The molecule has 2 unspecified atom stereocenters. The van der Waals surface area contributed by atoms with Gasteiger partial charge in [-0.25, -0.2) is 0 Å². The third-order valence-electron chi connectivity index (χ3n) is 3.32. The Morgan fingerprint density at radius 1 is 1.20 bits per heavy atom. The van der Waals surface area contributed by atoms with E-state index in [2.05, 4.69) is 19.2 Å². The van der Waals surface area contributed by atoms with Crippen molar-refractivity contribution in [2.45, 2.75) is 57.3 Å². The number of rotatable bonds is 4. The molecule has 2 fully saturated rings. The number of hydrogen-bond donors (Lipinski definition) is 1. The first-order valence-electron chi connectivity index (χ1n) is 6.16. The maximum Gasteiger partial charge on any atom is 0.0707 e. The van der Waals surface area contributed by atoms with E-state index in [-0.39, 0.29) is 5.60 Å². The summed E-state index contributed by atoms with van der Waals surface area (Å²) in [7, 11) is 0. The van der Waals surface area contributed by atoms with E-state index < -0.39 is 0 Å². The van der Waals surface area contributed by atoms with Crippen LogP contribution in [0.25, 0.3) is 0 Å². The molecule has 0 spiro atoms. The highest BCUT2D eigenvalue weighted by atomic mass is 16.5. The summed E-state index contributed by atoms with van der Waals surface area (Å²) < 4.78 is 11.5. The Balaban J connectivity index is 1.58. The Bertz CT molecular complexity index is 200. The SMILES string of the molecule is CC1(C)CCC(CNCC2CCCO2)O1. The largest absolute Gasteiger partial charge is 0.377 e. The van der Waals surface area contributed by atoms with Gasteiger partial charge in [-0.15, -0.1) is 0 Å². The van der Waals surface area contributed by atoms with Crippen molar-refractivity contribution < 1.29 is 9.47 Å². The van der Waals surface area contributed by atoms with Crippen LogP contribution in [0.2, 0.25) is 0 Å². The molecule has 0 aromatic heterocycles. The van der Waals surface area contributed by atoms with Crippen molar-refractivity contribution in [2.24, 2.45) is 0 Å². The van der Waals surface area contributed by atoms with E-state index in [1.165, 1.54) is 25.7 Å². The number of ether oxygens (including phenoxy) is 2. The van der Waals surface area contributed by atoms with Gasteiger partial charge in [0, 0.05) is 19.7 Å². The molecule has 0 aromatic rings. The predicted octanol–water partition coefficient (Wildman–Crippen LogP) is 1.71. The van der Waals surface area contributed by atoms with E-state index in [1.54, 1.807) is 0 Å². The van der Waals surface area contributed by atoms with Gasteiger partial charge in [0.2, 0.25) is 0 Å². The monoisotopic (exact) mass is 213 g/mol. The summed E-state index contributed by atoms with van der Waals surface area (Å²) in [6, 6.07) is 0. The van der Waals surface area contributed by atoms with Gasteiger partial charge in [0.05, 0.1) is 17.8 Å². The maximum atomic E-state index is 5.91. The minimum atomic E-state index is 0.0935. The van der Waals surface area contributed by atoms with Crippen molar-refractivity contribution in [1.29, 1.82) is 0 Å². The molecule has 2 aliphatic rings. The molecule has 0 radical (unpaired) electrons. The van der Waals surface area contributed by atoms with Gasteiger partial charge < -0.3 is 14.8 Å². The van der Waals surface area contributed by atoms with Crippen LogP contribution in [0.4, 0.5) is 0 Å². The lowest BCUT2D eigenvalue weighted by Crippen LogP contribution is -2.34. The molecule has 3 nitrogen and oxygen atoms in total. The number of nitrogens with one attached hydrogen (secondary N) is 1. The molecule has 0 aliphatic carbocycles. The lowest BCUT2D eigenvalue weighted by Gasteiger charge is -2.20. The minimum Gasteiger partial charge on any atom is -0.377 e. The molecule has 88 valence electrons. The quantitative estimate of drug-likeness (QED) is 0.771. The van der Waals surface area contributed by atoms with Crippen molar-refractivity contribution in [3.8, 4) is 0 Å². The van der Waals surface area contributed by atoms with E-state index in [0.717, 1.165) is 19.7 Å². The summed E-state index contributed by atoms with van der Waals surface area (Å²) in [4.78, 5) is 0. The zero-order chi connectivity index (χ0) is 10.7. The molecule has 3 heteroatoms. The van der Waals surface area contributed by atoms with Crippen LogP contribution in [0.1, 0.15) is 39.5 Å². The van der Waals surface area contributed by atoms with E-state index in [1.807, 2.05) is 0 Å². The summed E-state index contributed by atoms with van der Waals surface area (Å²) in [6.45, 7) is 7.25. The summed E-state index contributed by atoms with van der Waals surface area (Å²) in [5.41, 5.74) is 0.0935. The highest BCUT2D eigenvalue weighted by Gasteiger charge is 2.31. The van der Waals surface area contributed by atoms with Crippen LogP contribution in [-0.4, -0.2) is 37.5 Å². The minimum absolute atomic E-state index is 0.0935. The number of hydrogen-bond acceptors (Lipinski definition) is 3. The predicted molar refractivity (Wildman–Crippen MR) is 60.0 cm³/mol.